The van der Waals surface area contributed by atoms with E-state index in [1.54, 1.807) is 38.1 Å². The highest BCUT2D eigenvalue weighted by Gasteiger charge is 2.29. The summed E-state index contributed by atoms with van der Waals surface area (Å²) in [6.07, 6.45) is 4.17. The lowest BCUT2D eigenvalue weighted by atomic mass is 10.0. The van der Waals surface area contributed by atoms with Crippen molar-refractivity contribution >= 4 is 35.2 Å². The van der Waals surface area contributed by atoms with Crippen LogP contribution in [0.4, 0.5) is 5.82 Å². The van der Waals surface area contributed by atoms with Gasteiger partial charge in [0.15, 0.2) is 6.61 Å². The summed E-state index contributed by atoms with van der Waals surface area (Å²) in [5.41, 5.74) is 2.44. The quantitative estimate of drug-likeness (QED) is 0.513. The smallest absolute Gasteiger partial charge is 0.329 e. The molecule has 1 unspecified atom stereocenters. The molecule has 9 heteroatoms. The topological polar surface area (TPSA) is 113 Å². The van der Waals surface area contributed by atoms with E-state index in [0.717, 1.165) is 36.9 Å². The second-order valence-electron chi connectivity index (χ2n) is 9.18. The summed E-state index contributed by atoms with van der Waals surface area (Å²) in [5, 5.41) is 15.4. The van der Waals surface area contributed by atoms with Gasteiger partial charge in [-0.1, -0.05) is 50.4 Å². The van der Waals surface area contributed by atoms with Crippen molar-refractivity contribution in [1.82, 2.24) is 9.88 Å². The maximum Gasteiger partial charge on any atom is 0.329 e. The number of carbonyl (C=O) groups is 3. The summed E-state index contributed by atoms with van der Waals surface area (Å²) in [4.78, 5) is 38.1. The van der Waals surface area contributed by atoms with Crippen molar-refractivity contribution < 1.29 is 19.1 Å². The van der Waals surface area contributed by atoms with Gasteiger partial charge in [0.05, 0.1) is 16.1 Å². The number of nitriles is 1. The first-order chi connectivity index (χ1) is 16.6. The molecular formula is C26H31ClN4O4. The normalized spacial score (nSPS) is 14.4. The van der Waals surface area contributed by atoms with Crippen LogP contribution in [0.15, 0.2) is 24.3 Å². The number of ether oxygens (including phenoxy) is 1. The van der Waals surface area contributed by atoms with Gasteiger partial charge in [-0.25, -0.2) is 4.79 Å². The zero-order chi connectivity index (χ0) is 25.7. The van der Waals surface area contributed by atoms with Crippen molar-refractivity contribution in [1.29, 1.82) is 5.26 Å². The van der Waals surface area contributed by atoms with Crippen molar-refractivity contribution in [2.24, 2.45) is 5.92 Å². The minimum atomic E-state index is -0.965. The highest BCUT2D eigenvalue weighted by atomic mass is 35.5. The Labute approximate surface area is 210 Å². The summed E-state index contributed by atoms with van der Waals surface area (Å²) in [5.74, 6) is -1.62. The van der Waals surface area contributed by atoms with E-state index in [2.05, 4.69) is 16.7 Å². The standard InChI is InChI=1S/C26H31ClN4O4/c1-15(2)23(30-25(33)19-11-7-8-12-21(19)27)26(34)35-14-22(32)29-24-20(13-28)16(3)17(4)31(24)18-9-5-6-10-18/h7-8,11-12,15,18,23H,5-6,9-10,14H2,1-4H3,(H,29,32)(H,30,33). The van der Waals surface area contributed by atoms with E-state index in [4.69, 9.17) is 16.3 Å². The van der Waals surface area contributed by atoms with Crippen molar-refractivity contribution in [2.75, 3.05) is 11.9 Å². The second kappa shape index (κ2) is 11.4. The Morgan fingerprint density at radius 3 is 2.46 bits per heavy atom. The lowest BCUT2D eigenvalue weighted by Gasteiger charge is -2.21. The Morgan fingerprint density at radius 1 is 1.20 bits per heavy atom. The SMILES string of the molecule is Cc1c(C#N)c(NC(=O)COC(=O)C(NC(=O)c2ccccc2Cl)C(C)C)n(C2CCCC2)c1C. The number of amides is 2. The third-order valence-electron chi connectivity index (χ3n) is 6.49. The van der Waals surface area contributed by atoms with E-state index in [0.29, 0.717) is 11.4 Å². The zero-order valence-electron chi connectivity index (χ0n) is 20.5. The predicted molar refractivity (Wildman–Crippen MR) is 133 cm³/mol. The molecule has 2 amide bonds. The van der Waals surface area contributed by atoms with Gasteiger partial charge in [0, 0.05) is 11.7 Å². The molecule has 2 N–H and O–H groups in total. The van der Waals surface area contributed by atoms with Crippen molar-refractivity contribution in [3.05, 3.63) is 51.7 Å². The number of nitrogens with zero attached hydrogens (tertiary/aromatic N) is 2. The van der Waals surface area contributed by atoms with Gasteiger partial charge in [-0.3, -0.25) is 9.59 Å². The van der Waals surface area contributed by atoms with Gasteiger partial charge < -0.3 is 19.9 Å². The van der Waals surface area contributed by atoms with Crippen LogP contribution in [-0.2, 0) is 14.3 Å². The van der Waals surface area contributed by atoms with Crippen LogP contribution in [-0.4, -0.2) is 35.0 Å². The largest absolute Gasteiger partial charge is 0.454 e. The molecule has 0 bridgehead atoms. The molecule has 1 aliphatic rings. The summed E-state index contributed by atoms with van der Waals surface area (Å²) in [6.45, 7) is 6.79. The van der Waals surface area contributed by atoms with E-state index in [1.807, 2.05) is 18.4 Å². The number of rotatable bonds is 8. The van der Waals surface area contributed by atoms with Crippen LogP contribution in [0.3, 0.4) is 0 Å². The highest BCUT2D eigenvalue weighted by Crippen LogP contribution is 2.37. The fraction of sp³-hybridized carbons (Fsp3) is 0.462. The minimum Gasteiger partial charge on any atom is -0.454 e. The molecule has 186 valence electrons. The van der Waals surface area contributed by atoms with Gasteiger partial charge in [0.25, 0.3) is 11.8 Å². The summed E-state index contributed by atoms with van der Waals surface area (Å²) >= 11 is 6.08. The van der Waals surface area contributed by atoms with Crippen molar-refractivity contribution in [2.45, 2.75) is 65.5 Å². The molecule has 2 aromatic rings. The molecule has 1 aromatic carbocycles. The van der Waals surface area contributed by atoms with E-state index in [9.17, 15) is 19.6 Å². The molecule has 1 fully saturated rings. The Bertz CT molecular complexity index is 1160. The first-order valence-corrected chi connectivity index (χ1v) is 12.2. The van der Waals surface area contributed by atoms with Crippen LogP contribution >= 0.6 is 11.6 Å². The number of aromatic nitrogens is 1. The Balaban J connectivity index is 1.68. The molecule has 3 rings (SSSR count). The lowest BCUT2D eigenvalue weighted by molar-refractivity contribution is -0.150. The number of anilines is 1. The fourth-order valence-corrected chi connectivity index (χ4v) is 4.68. The molecule has 1 atom stereocenters. The molecule has 35 heavy (non-hydrogen) atoms. The third kappa shape index (κ3) is 5.85. The number of hydrogen-bond donors (Lipinski definition) is 2. The Morgan fingerprint density at radius 2 is 1.86 bits per heavy atom. The van der Waals surface area contributed by atoms with Crippen LogP contribution in [0.2, 0.25) is 5.02 Å². The van der Waals surface area contributed by atoms with Crippen LogP contribution in [0, 0.1) is 31.1 Å². The van der Waals surface area contributed by atoms with Crippen LogP contribution in [0.1, 0.15) is 72.8 Å². The van der Waals surface area contributed by atoms with Gasteiger partial charge >= 0.3 is 5.97 Å². The van der Waals surface area contributed by atoms with Crippen molar-refractivity contribution in [3.8, 4) is 6.07 Å². The summed E-state index contributed by atoms with van der Waals surface area (Å²) < 4.78 is 7.28. The number of carbonyl (C=O) groups excluding carboxylic acids is 3. The van der Waals surface area contributed by atoms with Crippen LogP contribution < -0.4 is 10.6 Å². The molecule has 1 aromatic heterocycles. The van der Waals surface area contributed by atoms with E-state index < -0.39 is 30.4 Å². The van der Waals surface area contributed by atoms with Crippen LogP contribution in [0.5, 0.6) is 0 Å². The maximum atomic E-state index is 12.7. The first-order valence-electron chi connectivity index (χ1n) is 11.8. The number of halogens is 1. The molecule has 1 heterocycles. The highest BCUT2D eigenvalue weighted by molar-refractivity contribution is 6.33. The van der Waals surface area contributed by atoms with Gasteiger partial charge in [-0.2, -0.15) is 5.26 Å². The monoisotopic (exact) mass is 498 g/mol. The molecule has 0 aliphatic heterocycles. The minimum absolute atomic E-state index is 0.221. The number of benzene rings is 1. The Kier molecular flexibility index (Phi) is 8.57. The Hall–Kier alpha value is -3.31. The summed E-state index contributed by atoms with van der Waals surface area (Å²) in [7, 11) is 0. The molecule has 0 spiro atoms. The third-order valence-corrected chi connectivity index (χ3v) is 6.82. The van der Waals surface area contributed by atoms with E-state index >= 15 is 0 Å². The zero-order valence-corrected chi connectivity index (χ0v) is 21.2. The average Bonchev–Trinajstić information content (AvgIpc) is 3.42. The molecule has 1 saturated carbocycles. The molecule has 0 radical (unpaired) electrons. The summed E-state index contributed by atoms with van der Waals surface area (Å²) in [6, 6.07) is 7.97. The number of esters is 1. The molecule has 0 saturated heterocycles. The molecular weight excluding hydrogens is 468 g/mol. The fourth-order valence-electron chi connectivity index (χ4n) is 4.46. The van der Waals surface area contributed by atoms with Crippen molar-refractivity contribution in [3.63, 3.8) is 0 Å². The lowest BCUT2D eigenvalue weighted by Crippen LogP contribution is -2.46. The first kappa shape index (κ1) is 26.3. The number of hydrogen-bond acceptors (Lipinski definition) is 5. The second-order valence-corrected chi connectivity index (χ2v) is 9.59. The van der Waals surface area contributed by atoms with Gasteiger partial charge in [0.2, 0.25) is 0 Å². The molecule has 8 nitrogen and oxygen atoms in total. The van der Waals surface area contributed by atoms with E-state index in [1.165, 1.54) is 0 Å². The van der Waals surface area contributed by atoms with E-state index in [-0.39, 0.29) is 22.5 Å². The van der Waals surface area contributed by atoms with Gasteiger partial charge in [-0.15, -0.1) is 0 Å². The number of nitrogens with one attached hydrogen (secondary N) is 2. The van der Waals surface area contributed by atoms with Gasteiger partial charge in [0.1, 0.15) is 17.9 Å². The average molecular weight is 499 g/mol. The molecule has 1 aliphatic carbocycles. The maximum absolute atomic E-state index is 12.7. The van der Waals surface area contributed by atoms with Gasteiger partial charge in [-0.05, 0) is 50.3 Å². The van der Waals surface area contributed by atoms with Crippen LogP contribution in [0.25, 0.3) is 0 Å². The predicted octanol–water partition coefficient (Wildman–Crippen LogP) is 4.68.